The zero-order chi connectivity index (χ0) is 22.6. The smallest absolute Gasteiger partial charge is 0.351 e. The van der Waals surface area contributed by atoms with Crippen LogP contribution in [0.3, 0.4) is 0 Å². The van der Waals surface area contributed by atoms with E-state index in [-0.39, 0.29) is 20.1 Å². The van der Waals surface area contributed by atoms with Crippen molar-refractivity contribution in [3.05, 3.63) is 128 Å². The van der Waals surface area contributed by atoms with Gasteiger partial charge in [-0.3, -0.25) is 15.3 Å². The van der Waals surface area contributed by atoms with E-state index in [1.807, 2.05) is 110 Å². The van der Waals surface area contributed by atoms with Gasteiger partial charge in [0.25, 0.3) is 0 Å². The van der Waals surface area contributed by atoms with Gasteiger partial charge in [-0.05, 0) is 18.6 Å². The number of rotatable bonds is 3. The van der Waals surface area contributed by atoms with Crippen LogP contribution in [0.15, 0.2) is 110 Å². The average Bonchev–Trinajstić information content (AvgIpc) is 3.70. The zero-order valence-electron chi connectivity index (χ0n) is 18.1. The molecular formula is C27H21IrN6. The molecule has 6 nitrogen and oxygen atoms in total. The Hall–Kier alpha value is -4.06. The molecule has 3 aromatic carbocycles. The minimum Gasteiger partial charge on any atom is -0.351 e. The molecule has 0 aliphatic rings. The first kappa shape index (κ1) is 24.6. The third kappa shape index (κ3) is 7.23. The van der Waals surface area contributed by atoms with Crippen molar-refractivity contribution in [2.24, 2.45) is 0 Å². The molecule has 168 valence electrons. The molecule has 0 saturated carbocycles. The van der Waals surface area contributed by atoms with E-state index in [0.717, 1.165) is 33.4 Å². The van der Waals surface area contributed by atoms with Crippen molar-refractivity contribution in [1.82, 2.24) is 30.6 Å². The summed E-state index contributed by atoms with van der Waals surface area (Å²) in [5, 5.41) is 19.4. The second-order valence-corrected chi connectivity index (χ2v) is 6.83. The van der Waals surface area contributed by atoms with Gasteiger partial charge in [0.1, 0.15) is 0 Å². The van der Waals surface area contributed by atoms with Gasteiger partial charge in [0, 0.05) is 0 Å². The Morgan fingerprint density at radius 3 is 0.882 bits per heavy atom. The van der Waals surface area contributed by atoms with Crippen LogP contribution in [0.2, 0.25) is 0 Å². The van der Waals surface area contributed by atoms with Crippen LogP contribution in [-0.4, -0.2) is 30.6 Å². The first-order valence-corrected chi connectivity index (χ1v) is 10.3. The van der Waals surface area contributed by atoms with E-state index in [2.05, 4.69) is 49.2 Å². The second kappa shape index (κ2) is 13.5. The van der Waals surface area contributed by atoms with Gasteiger partial charge < -0.3 is 15.3 Å². The summed E-state index contributed by atoms with van der Waals surface area (Å²) in [5.41, 5.74) is 6.44. The summed E-state index contributed by atoms with van der Waals surface area (Å²) in [6.45, 7) is 0. The predicted octanol–water partition coefficient (Wildman–Crippen LogP) is 5.63. The molecule has 6 rings (SSSR count). The maximum absolute atomic E-state index is 3.75. The molecule has 3 N–H and O–H groups in total. The Labute approximate surface area is 211 Å². The summed E-state index contributed by atoms with van der Waals surface area (Å²) in [6, 6.07) is 30.1. The van der Waals surface area contributed by atoms with Gasteiger partial charge in [0.15, 0.2) is 0 Å². The zero-order valence-corrected chi connectivity index (χ0v) is 20.5. The number of H-pyrrole nitrogens is 3. The van der Waals surface area contributed by atoms with Crippen molar-refractivity contribution in [3.8, 4) is 33.4 Å². The molecule has 0 aliphatic carbocycles. The summed E-state index contributed by atoms with van der Waals surface area (Å²) in [6.07, 6.45) is 14.0. The number of benzene rings is 3. The van der Waals surface area contributed by atoms with E-state index in [1.54, 1.807) is 0 Å². The van der Waals surface area contributed by atoms with Crippen LogP contribution in [0.5, 0.6) is 0 Å². The molecule has 3 aromatic heterocycles. The first-order valence-electron chi connectivity index (χ1n) is 10.3. The molecule has 0 aliphatic heterocycles. The summed E-state index contributed by atoms with van der Waals surface area (Å²) in [4.78, 5) is 0. The van der Waals surface area contributed by atoms with Crippen LogP contribution in [0, 0.1) is 18.6 Å². The SMILES string of the molecule is [Ir+3].[c-]1n[nH]cc1-c1ccccc1.[c-]1n[nH]cc1-c1ccccc1.[c-]1n[nH]cc1-c1ccccc1. The monoisotopic (exact) mass is 622 g/mol. The van der Waals surface area contributed by atoms with Gasteiger partial charge >= 0.3 is 20.1 Å². The number of aromatic amines is 3. The Balaban J connectivity index is 0.000000141. The fraction of sp³-hybridized carbons (Fsp3) is 0. The molecule has 6 aromatic rings. The maximum atomic E-state index is 3.75. The van der Waals surface area contributed by atoms with E-state index in [4.69, 9.17) is 0 Å². The van der Waals surface area contributed by atoms with Gasteiger partial charge in [0.2, 0.25) is 0 Å². The molecular weight excluding hydrogens is 601 g/mol. The van der Waals surface area contributed by atoms with Crippen LogP contribution in [0.25, 0.3) is 33.4 Å². The topological polar surface area (TPSA) is 86.0 Å². The molecule has 0 fully saturated rings. The van der Waals surface area contributed by atoms with Crippen molar-refractivity contribution in [2.75, 3.05) is 0 Å². The molecule has 0 amide bonds. The fourth-order valence-electron chi connectivity index (χ4n) is 2.96. The molecule has 0 spiro atoms. The van der Waals surface area contributed by atoms with Gasteiger partial charge in [0.05, 0.1) is 0 Å². The molecule has 3 heterocycles. The quantitative estimate of drug-likeness (QED) is 0.224. The van der Waals surface area contributed by atoms with Gasteiger partial charge in [-0.25, -0.2) is 0 Å². The van der Waals surface area contributed by atoms with E-state index >= 15 is 0 Å². The van der Waals surface area contributed by atoms with E-state index in [1.165, 1.54) is 0 Å². The second-order valence-electron chi connectivity index (χ2n) is 6.83. The number of hydrogen-bond donors (Lipinski definition) is 3. The number of nitrogens with one attached hydrogen (secondary N) is 3. The minimum atomic E-state index is 0. The minimum absolute atomic E-state index is 0. The fourth-order valence-corrected chi connectivity index (χ4v) is 2.96. The summed E-state index contributed by atoms with van der Waals surface area (Å²) in [5.74, 6) is 0. The Kier molecular flexibility index (Phi) is 9.74. The van der Waals surface area contributed by atoms with E-state index in [0.29, 0.717) is 0 Å². The maximum Gasteiger partial charge on any atom is 3.00 e. The van der Waals surface area contributed by atoms with Crippen LogP contribution < -0.4 is 0 Å². The molecule has 0 radical (unpaired) electrons. The van der Waals surface area contributed by atoms with Crippen molar-refractivity contribution < 1.29 is 20.1 Å². The normalized spacial score (nSPS) is 9.53. The van der Waals surface area contributed by atoms with Crippen molar-refractivity contribution in [3.63, 3.8) is 0 Å². The van der Waals surface area contributed by atoms with Crippen molar-refractivity contribution >= 4 is 0 Å². The Morgan fingerprint density at radius 2 is 0.676 bits per heavy atom. The summed E-state index contributed by atoms with van der Waals surface area (Å²) >= 11 is 0. The molecule has 0 atom stereocenters. The Morgan fingerprint density at radius 1 is 0.412 bits per heavy atom. The Bertz CT molecular complexity index is 1100. The van der Waals surface area contributed by atoms with Crippen LogP contribution >= 0.6 is 0 Å². The van der Waals surface area contributed by atoms with Crippen molar-refractivity contribution in [2.45, 2.75) is 0 Å². The van der Waals surface area contributed by atoms with Gasteiger partial charge in [-0.2, -0.15) is 0 Å². The van der Waals surface area contributed by atoms with Crippen LogP contribution in [-0.2, 0) is 20.1 Å². The number of aromatic nitrogens is 6. The predicted molar refractivity (Wildman–Crippen MR) is 129 cm³/mol. The molecule has 7 heteroatoms. The standard InChI is InChI=1S/3C9H7N2.Ir/c3*1-2-4-8(5-3-1)9-6-10-11-7-9;/h3*1-6H,(H,10,11);/q3*-1;+3. The number of nitrogens with zero attached hydrogens (tertiary/aromatic N) is 3. The van der Waals surface area contributed by atoms with Crippen molar-refractivity contribution in [1.29, 1.82) is 0 Å². The van der Waals surface area contributed by atoms with Gasteiger partial charge in [-0.1, -0.05) is 73.2 Å². The summed E-state index contributed by atoms with van der Waals surface area (Å²) in [7, 11) is 0. The summed E-state index contributed by atoms with van der Waals surface area (Å²) < 4.78 is 0. The third-order valence-corrected chi connectivity index (χ3v) is 4.60. The number of hydrogen-bond acceptors (Lipinski definition) is 3. The largest absolute Gasteiger partial charge is 3.00 e. The van der Waals surface area contributed by atoms with E-state index < -0.39 is 0 Å². The molecule has 34 heavy (non-hydrogen) atoms. The molecule has 0 saturated heterocycles. The van der Waals surface area contributed by atoms with Gasteiger partial charge in [-0.15, -0.1) is 69.8 Å². The average molecular weight is 622 g/mol. The third-order valence-electron chi connectivity index (χ3n) is 4.60. The first-order chi connectivity index (χ1) is 16.4. The van der Waals surface area contributed by atoms with Crippen LogP contribution in [0.1, 0.15) is 0 Å². The van der Waals surface area contributed by atoms with Crippen LogP contribution in [0.4, 0.5) is 0 Å². The van der Waals surface area contributed by atoms with E-state index in [9.17, 15) is 0 Å². The molecule has 0 bridgehead atoms. The molecule has 0 unspecified atom stereocenters.